The Hall–Kier alpha value is -2.89. The van der Waals surface area contributed by atoms with Gasteiger partial charge >= 0.3 is 5.69 Å². The van der Waals surface area contributed by atoms with E-state index in [1.807, 2.05) is 6.07 Å². The van der Waals surface area contributed by atoms with E-state index in [0.717, 1.165) is 0 Å². The molecule has 1 atom stereocenters. The van der Waals surface area contributed by atoms with Gasteiger partial charge in [-0.05, 0) is 6.07 Å². The zero-order valence-electron chi connectivity index (χ0n) is 12.3. The zero-order chi connectivity index (χ0) is 16.1. The van der Waals surface area contributed by atoms with E-state index in [0.29, 0.717) is 5.56 Å². The van der Waals surface area contributed by atoms with Crippen LogP contribution < -0.4 is 4.74 Å². The van der Waals surface area contributed by atoms with Crippen LogP contribution in [0.15, 0.2) is 54.6 Å². The highest BCUT2D eigenvalue weighted by Crippen LogP contribution is 2.31. The third kappa shape index (κ3) is 3.41. The lowest BCUT2D eigenvalue weighted by atomic mass is 10.1. The molecule has 0 spiro atoms. The highest BCUT2D eigenvalue weighted by Gasteiger charge is 2.27. The fourth-order valence-electron chi connectivity index (χ4n) is 1.96. The first kappa shape index (κ1) is 15.5. The fourth-order valence-corrected chi connectivity index (χ4v) is 1.96. The standard InChI is InChI=1S/C16H16N2O4/c1-17(2)16(19)15(12-8-4-3-5-9-12)22-14-11-7-6-10-13(14)18(20)21/h3-11,15H,1-2H3/t15-/m1/s1. The third-order valence-electron chi connectivity index (χ3n) is 3.07. The van der Waals surface area contributed by atoms with E-state index in [9.17, 15) is 14.9 Å². The molecule has 0 aromatic heterocycles. The SMILES string of the molecule is CN(C)C(=O)[C@H](Oc1ccccc1[N+](=O)[O-])c1ccccc1. The molecule has 114 valence electrons. The molecule has 0 heterocycles. The van der Waals surface area contributed by atoms with Crippen molar-refractivity contribution in [3.8, 4) is 5.75 Å². The van der Waals surface area contributed by atoms with Crippen LogP contribution in [0.25, 0.3) is 0 Å². The minimum absolute atomic E-state index is 0.0663. The van der Waals surface area contributed by atoms with Crippen molar-refractivity contribution >= 4 is 11.6 Å². The summed E-state index contributed by atoms with van der Waals surface area (Å²) in [7, 11) is 3.22. The molecule has 0 unspecified atom stereocenters. The van der Waals surface area contributed by atoms with Gasteiger partial charge in [-0.2, -0.15) is 0 Å². The topological polar surface area (TPSA) is 72.7 Å². The van der Waals surface area contributed by atoms with Crippen molar-refractivity contribution in [1.29, 1.82) is 0 Å². The summed E-state index contributed by atoms with van der Waals surface area (Å²) in [5, 5.41) is 11.1. The highest BCUT2D eigenvalue weighted by atomic mass is 16.6. The van der Waals surface area contributed by atoms with Gasteiger partial charge in [-0.15, -0.1) is 0 Å². The van der Waals surface area contributed by atoms with Crippen LogP contribution in [0.4, 0.5) is 5.69 Å². The van der Waals surface area contributed by atoms with Gasteiger partial charge in [0.05, 0.1) is 4.92 Å². The fraction of sp³-hybridized carbons (Fsp3) is 0.188. The maximum absolute atomic E-state index is 12.4. The second kappa shape index (κ2) is 6.71. The number of carbonyl (C=O) groups excluding carboxylic acids is 1. The molecule has 2 aromatic carbocycles. The van der Waals surface area contributed by atoms with Gasteiger partial charge in [-0.1, -0.05) is 42.5 Å². The molecule has 2 aromatic rings. The molecule has 0 fully saturated rings. The lowest BCUT2D eigenvalue weighted by Gasteiger charge is -2.22. The second-order valence-electron chi connectivity index (χ2n) is 4.87. The monoisotopic (exact) mass is 300 g/mol. The Bertz CT molecular complexity index is 671. The molecule has 2 rings (SSSR count). The molecular weight excluding hydrogens is 284 g/mol. The van der Waals surface area contributed by atoms with Gasteiger partial charge in [0.2, 0.25) is 6.10 Å². The molecular formula is C16H16N2O4. The molecule has 0 aliphatic rings. The van der Waals surface area contributed by atoms with E-state index in [4.69, 9.17) is 4.74 Å². The lowest BCUT2D eigenvalue weighted by Crippen LogP contribution is -2.31. The van der Waals surface area contributed by atoms with Crippen LogP contribution in [-0.4, -0.2) is 29.8 Å². The Balaban J connectivity index is 2.40. The number of amides is 1. The van der Waals surface area contributed by atoms with Crippen LogP contribution in [0.5, 0.6) is 5.75 Å². The van der Waals surface area contributed by atoms with Gasteiger partial charge in [0.25, 0.3) is 5.91 Å². The van der Waals surface area contributed by atoms with Gasteiger partial charge in [0.15, 0.2) is 5.75 Å². The van der Waals surface area contributed by atoms with Crippen LogP contribution in [0.3, 0.4) is 0 Å². The van der Waals surface area contributed by atoms with E-state index in [-0.39, 0.29) is 17.3 Å². The maximum Gasteiger partial charge on any atom is 0.310 e. The molecule has 22 heavy (non-hydrogen) atoms. The Labute approximate surface area is 128 Å². The summed E-state index contributed by atoms with van der Waals surface area (Å²) in [5.41, 5.74) is 0.467. The Morgan fingerprint density at radius 2 is 1.68 bits per heavy atom. The largest absolute Gasteiger partial charge is 0.469 e. The number of benzene rings is 2. The van der Waals surface area contributed by atoms with Crippen LogP contribution in [0.1, 0.15) is 11.7 Å². The van der Waals surface area contributed by atoms with E-state index < -0.39 is 11.0 Å². The first-order chi connectivity index (χ1) is 10.5. The summed E-state index contributed by atoms with van der Waals surface area (Å²) >= 11 is 0. The average molecular weight is 300 g/mol. The van der Waals surface area contributed by atoms with Gasteiger partial charge in [-0.25, -0.2) is 0 Å². The minimum Gasteiger partial charge on any atom is -0.469 e. The summed E-state index contributed by atoms with van der Waals surface area (Å²) in [5.74, 6) is -0.221. The number of rotatable bonds is 5. The Morgan fingerprint density at radius 1 is 1.09 bits per heavy atom. The van der Waals surface area contributed by atoms with Gasteiger partial charge in [-0.3, -0.25) is 14.9 Å². The number of likely N-dealkylation sites (N-methyl/N-ethyl adjacent to an activating group) is 1. The number of nitrogens with zero attached hydrogens (tertiary/aromatic N) is 2. The van der Waals surface area contributed by atoms with Gasteiger partial charge in [0, 0.05) is 25.7 Å². The van der Waals surface area contributed by atoms with E-state index in [1.54, 1.807) is 50.5 Å². The zero-order valence-corrected chi connectivity index (χ0v) is 12.3. The summed E-state index contributed by atoms with van der Waals surface area (Å²) in [4.78, 5) is 24.3. The number of para-hydroxylation sites is 2. The van der Waals surface area contributed by atoms with Gasteiger partial charge in [0.1, 0.15) is 0 Å². The Morgan fingerprint density at radius 3 is 2.27 bits per heavy atom. The molecule has 6 heteroatoms. The minimum atomic E-state index is -0.933. The van der Waals surface area contributed by atoms with Crippen molar-refractivity contribution in [2.24, 2.45) is 0 Å². The van der Waals surface area contributed by atoms with Crippen molar-refractivity contribution in [1.82, 2.24) is 4.90 Å². The summed E-state index contributed by atoms with van der Waals surface area (Å²) in [6, 6.07) is 14.9. The van der Waals surface area contributed by atoms with E-state index in [2.05, 4.69) is 0 Å². The van der Waals surface area contributed by atoms with Gasteiger partial charge < -0.3 is 9.64 Å². The number of carbonyl (C=O) groups is 1. The number of nitro groups is 1. The normalized spacial score (nSPS) is 11.5. The first-order valence-corrected chi connectivity index (χ1v) is 6.67. The van der Waals surface area contributed by atoms with Crippen molar-refractivity contribution in [3.63, 3.8) is 0 Å². The van der Waals surface area contributed by atoms with Crippen LogP contribution in [0, 0.1) is 10.1 Å². The van der Waals surface area contributed by atoms with Crippen LogP contribution in [-0.2, 0) is 4.79 Å². The molecule has 6 nitrogen and oxygen atoms in total. The summed E-state index contributed by atoms with van der Waals surface area (Å²) in [6.45, 7) is 0. The number of nitro benzene ring substituents is 1. The molecule has 0 radical (unpaired) electrons. The van der Waals surface area contributed by atoms with Crippen molar-refractivity contribution < 1.29 is 14.5 Å². The molecule has 1 amide bonds. The Kier molecular flexibility index (Phi) is 4.73. The number of ether oxygens (including phenoxy) is 1. The smallest absolute Gasteiger partial charge is 0.310 e. The number of hydrogen-bond acceptors (Lipinski definition) is 4. The molecule has 0 aliphatic heterocycles. The summed E-state index contributed by atoms with van der Waals surface area (Å²) in [6.07, 6.45) is -0.933. The van der Waals surface area contributed by atoms with Crippen LogP contribution >= 0.6 is 0 Å². The highest BCUT2D eigenvalue weighted by molar-refractivity contribution is 5.82. The third-order valence-corrected chi connectivity index (χ3v) is 3.07. The van der Waals surface area contributed by atoms with Crippen molar-refractivity contribution in [2.75, 3.05) is 14.1 Å². The molecule has 0 aliphatic carbocycles. The molecule has 0 saturated heterocycles. The summed E-state index contributed by atoms with van der Waals surface area (Å²) < 4.78 is 5.68. The second-order valence-corrected chi connectivity index (χ2v) is 4.87. The molecule has 0 N–H and O–H groups in total. The van der Waals surface area contributed by atoms with E-state index >= 15 is 0 Å². The predicted molar refractivity (Wildman–Crippen MR) is 81.6 cm³/mol. The predicted octanol–water partition coefficient (Wildman–Crippen LogP) is 2.80. The maximum atomic E-state index is 12.4. The van der Waals surface area contributed by atoms with E-state index in [1.165, 1.54) is 17.0 Å². The average Bonchev–Trinajstić information content (AvgIpc) is 2.53. The number of hydrogen-bond donors (Lipinski definition) is 0. The first-order valence-electron chi connectivity index (χ1n) is 6.67. The van der Waals surface area contributed by atoms with Crippen molar-refractivity contribution in [2.45, 2.75) is 6.10 Å². The molecule has 0 saturated carbocycles. The quantitative estimate of drug-likeness (QED) is 0.628. The van der Waals surface area contributed by atoms with Crippen LogP contribution in [0.2, 0.25) is 0 Å². The lowest BCUT2D eigenvalue weighted by molar-refractivity contribution is -0.386. The van der Waals surface area contributed by atoms with Crippen molar-refractivity contribution in [3.05, 3.63) is 70.3 Å². The molecule has 0 bridgehead atoms.